The van der Waals surface area contributed by atoms with Gasteiger partial charge in [-0.1, -0.05) is 0 Å². The number of nitrogens with two attached hydrogens (primary N) is 1. The van der Waals surface area contributed by atoms with E-state index in [4.69, 9.17) is 5.73 Å². The first kappa shape index (κ1) is 7.02. The fourth-order valence-electron chi connectivity index (χ4n) is 1.23. The summed E-state index contributed by atoms with van der Waals surface area (Å²) in [4.78, 5) is 20.6. The molecule has 62 valence electrons. The van der Waals surface area contributed by atoms with E-state index in [1.165, 1.54) is 6.20 Å². The molecule has 12 heavy (non-hydrogen) atoms. The average molecular weight is 164 g/mol. The molecule has 5 heteroatoms. The summed E-state index contributed by atoms with van der Waals surface area (Å²) in [5, 5.41) is 0. The van der Waals surface area contributed by atoms with E-state index in [1.54, 1.807) is 11.9 Å². The van der Waals surface area contributed by atoms with Gasteiger partial charge in [-0.15, -0.1) is 0 Å². The van der Waals surface area contributed by atoms with E-state index in [9.17, 15) is 4.79 Å². The number of rotatable bonds is 0. The molecule has 0 spiro atoms. The minimum Gasteiger partial charge on any atom is -0.368 e. The number of fused-ring (bicyclic) bond motifs is 1. The molecular formula is C7H8N4O. The Balaban J connectivity index is 2.54. The fourth-order valence-corrected chi connectivity index (χ4v) is 1.23. The van der Waals surface area contributed by atoms with Gasteiger partial charge in [-0.3, -0.25) is 4.79 Å². The van der Waals surface area contributed by atoms with Gasteiger partial charge in [-0.2, -0.15) is 0 Å². The zero-order valence-electron chi connectivity index (χ0n) is 6.61. The maximum atomic E-state index is 11.3. The second kappa shape index (κ2) is 2.17. The molecule has 0 aromatic carbocycles. The quantitative estimate of drug-likeness (QED) is 0.568. The zero-order chi connectivity index (χ0) is 8.72. The Labute approximate surface area is 69.2 Å². The highest BCUT2D eigenvalue weighted by Gasteiger charge is 2.25. The Kier molecular flexibility index (Phi) is 1.27. The van der Waals surface area contributed by atoms with Gasteiger partial charge in [0.25, 0.3) is 5.91 Å². The second-order valence-corrected chi connectivity index (χ2v) is 2.75. The van der Waals surface area contributed by atoms with Crippen molar-refractivity contribution in [3.8, 4) is 0 Å². The largest absolute Gasteiger partial charge is 0.368 e. The van der Waals surface area contributed by atoms with Crippen LogP contribution in [0.4, 0.5) is 5.95 Å². The van der Waals surface area contributed by atoms with Gasteiger partial charge in [-0.05, 0) is 0 Å². The predicted molar refractivity (Wildman–Crippen MR) is 42.2 cm³/mol. The first-order chi connectivity index (χ1) is 5.68. The third kappa shape index (κ3) is 0.827. The summed E-state index contributed by atoms with van der Waals surface area (Å²) in [5.41, 5.74) is 6.65. The number of carbonyl (C=O) groups is 1. The third-order valence-corrected chi connectivity index (χ3v) is 1.85. The van der Waals surface area contributed by atoms with Gasteiger partial charge in [0.05, 0.1) is 17.8 Å². The minimum absolute atomic E-state index is 0.0370. The number of hydrogen-bond donors (Lipinski definition) is 1. The summed E-state index contributed by atoms with van der Waals surface area (Å²) in [7, 11) is 1.72. The van der Waals surface area contributed by atoms with Gasteiger partial charge in [-0.25, -0.2) is 9.97 Å². The highest BCUT2D eigenvalue weighted by molar-refractivity contribution is 5.97. The van der Waals surface area contributed by atoms with E-state index in [0.29, 0.717) is 12.1 Å². The minimum atomic E-state index is -0.0370. The lowest BCUT2D eigenvalue weighted by molar-refractivity contribution is 0.0816. The SMILES string of the molecule is CN1Cc2nc(N)ncc2C1=O. The standard InChI is InChI=1S/C7H8N4O/c1-11-3-5-4(6(11)12)2-9-7(8)10-5/h2H,3H2,1H3,(H2,8,9,10). The van der Waals surface area contributed by atoms with Crippen LogP contribution in [0.15, 0.2) is 6.20 Å². The molecule has 0 atom stereocenters. The lowest BCUT2D eigenvalue weighted by Crippen LogP contribution is -2.17. The van der Waals surface area contributed by atoms with Crippen LogP contribution in [-0.2, 0) is 6.54 Å². The van der Waals surface area contributed by atoms with Crippen LogP contribution < -0.4 is 5.73 Å². The van der Waals surface area contributed by atoms with Crippen molar-refractivity contribution < 1.29 is 4.79 Å². The molecule has 2 rings (SSSR count). The number of nitrogens with zero attached hydrogens (tertiary/aromatic N) is 3. The highest BCUT2D eigenvalue weighted by Crippen LogP contribution is 2.18. The Hall–Kier alpha value is -1.65. The molecule has 2 N–H and O–H groups in total. The van der Waals surface area contributed by atoms with Crippen molar-refractivity contribution in [3.63, 3.8) is 0 Å². The molecule has 1 aliphatic rings. The average Bonchev–Trinajstić information content (AvgIpc) is 2.28. The molecule has 0 saturated heterocycles. The first-order valence-electron chi connectivity index (χ1n) is 3.55. The van der Waals surface area contributed by atoms with Crippen LogP contribution in [0.1, 0.15) is 16.1 Å². The number of anilines is 1. The summed E-state index contributed by atoms with van der Waals surface area (Å²) in [6, 6.07) is 0. The molecule has 1 aromatic heterocycles. The van der Waals surface area contributed by atoms with Gasteiger partial charge in [0.1, 0.15) is 0 Å². The molecule has 0 aliphatic carbocycles. The maximum absolute atomic E-state index is 11.3. The molecule has 2 heterocycles. The van der Waals surface area contributed by atoms with Crippen molar-refractivity contribution in [2.24, 2.45) is 0 Å². The second-order valence-electron chi connectivity index (χ2n) is 2.75. The smallest absolute Gasteiger partial charge is 0.257 e. The van der Waals surface area contributed by atoms with E-state index in [0.717, 1.165) is 5.69 Å². The summed E-state index contributed by atoms with van der Waals surface area (Å²) >= 11 is 0. The first-order valence-corrected chi connectivity index (χ1v) is 3.55. The third-order valence-electron chi connectivity index (χ3n) is 1.85. The van der Waals surface area contributed by atoms with Crippen LogP contribution in [0.25, 0.3) is 0 Å². The Morgan fingerprint density at radius 1 is 1.67 bits per heavy atom. The lowest BCUT2D eigenvalue weighted by Gasteiger charge is -2.03. The van der Waals surface area contributed by atoms with E-state index in [2.05, 4.69) is 9.97 Å². The van der Waals surface area contributed by atoms with Crippen LogP contribution in [0.2, 0.25) is 0 Å². The topological polar surface area (TPSA) is 72.1 Å². The Morgan fingerprint density at radius 2 is 2.42 bits per heavy atom. The summed E-state index contributed by atoms with van der Waals surface area (Å²) in [6.45, 7) is 0.529. The monoisotopic (exact) mass is 164 g/mol. The maximum Gasteiger partial charge on any atom is 0.257 e. The number of carbonyl (C=O) groups excluding carboxylic acids is 1. The molecule has 1 amide bonds. The lowest BCUT2D eigenvalue weighted by atomic mass is 10.3. The van der Waals surface area contributed by atoms with Gasteiger partial charge in [0.2, 0.25) is 5.95 Å². The van der Waals surface area contributed by atoms with Crippen molar-refractivity contribution >= 4 is 11.9 Å². The normalized spacial score (nSPS) is 15.1. The molecule has 0 radical (unpaired) electrons. The van der Waals surface area contributed by atoms with Crippen LogP contribution in [0.3, 0.4) is 0 Å². The molecule has 0 bridgehead atoms. The number of aromatic nitrogens is 2. The predicted octanol–water partition coefficient (Wildman–Crippen LogP) is -0.356. The van der Waals surface area contributed by atoms with Crippen molar-refractivity contribution in [3.05, 3.63) is 17.5 Å². The van der Waals surface area contributed by atoms with E-state index in [-0.39, 0.29) is 11.9 Å². The van der Waals surface area contributed by atoms with Crippen LogP contribution in [0, 0.1) is 0 Å². The van der Waals surface area contributed by atoms with Gasteiger partial charge >= 0.3 is 0 Å². The zero-order valence-corrected chi connectivity index (χ0v) is 6.61. The van der Waals surface area contributed by atoms with Crippen molar-refractivity contribution in [2.75, 3.05) is 12.8 Å². The molecule has 0 fully saturated rings. The molecule has 0 unspecified atom stereocenters. The number of hydrogen-bond acceptors (Lipinski definition) is 4. The molecule has 1 aliphatic heterocycles. The Bertz CT molecular complexity index is 349. The van der Waals surface area contributed by atoms with Crippen molar-refractivity contribution in [1.29, 1.82) is 0 Å². The molecular weight excluding hydrogens is 156 g/mol. The highest BCUT2D eigenvalue weighted by atomic mass is 16.2. The molecule has 1 aromatic rings. The fraction of sp³-hybridized carbons (Fsp3) is 0.286. The molecule has 5 nitrogen and oxygen atoms in total. The summed E-state index contributed by atoms with van der Waals surface area (Å²) in [5.74, 6) is 0.182. The summed E-state index contributed by atoms with van der Waals surface area (Å²) in [6.07, 6.45) is 1.48. The van der Waals surface area contributed by atoms with Gasteiger partial charge in [0, 0.05) is 13.2 Å². The van der Waals surface area contributed by atoms with Gasteiger partial charge in [0.15, 0.2) is 0 Å². The van der Waals surface area contributed by atoms with Crippen LogP contribution in [-0.4, -0.2) is 27.8 Å². The van der Waals surface area contributed by atoms with Crippen LogP contribution >= 0.6 is 0 Å². The summed E-state index contributed by atoms with van der Waals surface area (Å²) < 4.78 is 0. The Morgan fingerprint density at radius 3 is 3.17 bits per heavy atom. The van der Waals surface area contributed by atoms with E-state index in [1.807, 2.05) is 0 Å². The number of amides is 1. The number of nitrogen functional groups attached to an aromatic ring is 1. The van der Waals surface area contributed by atoms with Crippen molar-refractivity contribution in [2.45, 2.75) is 6.54 Å². The van der Waals surface area contributed by atoms with Gasteiger partial charge < -0.3 is 10.6 Å². The van der Waals surface area contributed by atoms with Crippen LogP contribution in [0.5, 0.6) is 0 Å². The van der Waals surface area contributed by atoms with Crippen molar-refractivity contribution in [1.82, 2.24) is 14.9 Å². The van der Waals surface area contributed by atoms with E-state index >= 15 is 0 Å². The molecule has 0 saturated carbocycles. The van der Waals surface area contributed by atoms with E-state index < -0.39 is 0 Å².